The smallest absolute Gasteiger partial charge is 0.271 e. The number of nitrogens with zero attached hydrogens (tertiary/aromatic N) is 2. The van der Waals surface area contributed by atoms with Crippen LogP contribution in [-0.4, -0.2) is 9.78 Å². The highest BCUT2D eigenvalue weighted by Crippen LogP contribution is 2.21. The van der Waals surface area contributed by atoms with Gasteiger partial charge in [0.1, 0.15) is 0 Å². The number of hydrogen-bond donors (Lipinski definition) is 1. The van der Waals surface area contributed by atoms with Crippen LogP contribution in [0.2, 0.25) is 0 Å². The second-order valence-corrected chi connectivity index (χ2v) is 5.65. The molecule has 1 heterocycles. The Bertz CT molecular complexity index is 664. The van der Waals surface area contributed by atoms with Crippen molar-refractivity contribution in [3.05, 3.63) is 51.8 Å². The van der Waals surface area contributed by atoms with Crippen LogP contribution in [0.15, 0.2) is 35.1 Å². The summed E-state index contributed by atoms with van der Waals surface area (Å²) in [6.45, 7) is 8.14. The Morgan fingerprint density at radius 1 is 1.25 bits per heavy atom. The van der Waals surface area contributed by atoms with Crippen molar-refractivity contribution in [2.75, 3.05) is 0 Å². The summed E-state index contributed by atoms with van der Waals surface area (Å²) in [5.74, 6) is 0. The third-order valence-electron chi connectivity index (χ3n) is 3.32. The first-order valence-electron chi connectivity index (χ1n) is 6.81. The minimum atomic E-state index is -0.684. The Morgan fingerprint density at radius 3 is 2.35 bits per heavy atom. The normalized spacial score (nSPS) is 11.7. The molecule has 0 unspecified atom stereocenters. The lowest BCUT2D eigenvalue weighted by molar-refractivity contribution is 0.519. The largest absolute Gasteiger partial charge is 0.322 e. The average molecular weight is 271 g/mol. The van der Waals surface area contributed by atoms with Crippen molar-refractivity contribution in [3.63, 3.8) is 0 Å². The zero-order valence-corrected chi connectivity index (χ0v) is 12.5. The van der Waals surface area contributed by atoms with Crippen LogP contribution in [-0.2, 0) is 12.1 Å². The molecule has 0 amide bonds. The predicted molar refractivity (Wildman–Crippen MR) is 81.6 cm³/mol. The molecule has 0 saturated heterocycles. The molecule has 0 aliphatic rings. The Balaban J connectivity index is 2.66. The van der Waals surface area contributed by atoms with Gasteiger partial charge in [0.05, 0.1) is 5.69 Å². The van der Waals surface area contributed by atoms with Gasteiger partial charge in [0.25, 0.3) is 5.56 Å². The summed E-state index contributed by atoms with van der Waals surface area (Å²) in [5, 5.41) is 4.41. The lowest BCUT2D eigenvalue weighted by atomic mass is 9.95. The van der Waals surface area contributed by atoms with Crippen molar-refractivity contribution in [2.45, 2.75) is 39.8 Å². The summed E-state index contributed by atoms with van der Waals surface area (Å²) in [6, 6.07) is 9.89. The van der Waals surface area contributed by atoms with Gasteiger partial charge in [-0.25, -0.2) is 4.68 Å². The molecule has 20 heavy (non-hydrogen) atoms. The molecule has 1 aromatic heterocycles. The van der Waals surface area contributed by atoms with Crippen LogP contribution in [0, 0.1) is 6.92 Å². The van der Waals surface area contributed by atoms with Crippen molar-refractivity contribution >= 4 is 0 Å². The molecule has 2 rings (SSSR count). The zero-order valence-electron chi connectivity index (χ0n) is 12.5. The summed E-state index contributed by atoms with van der Waals surface area (Å²) >= 11 is 0. The number of nitrogens with two attached hydrogens (primary N) is 1. The van der Waals surface area contributed by atoms with Crippen LogP contribution in [0.25, 0.3) is 11.3 Å². The zero-order chi connectivity index (χ0) is 14.9. The van der Waals surface area contributed by atoms with Gasteiger partial charge in [0.15, 0.2) is 0 Å². The predicted octanol–water partition coefficient (Wildman–Crippen LogP) is 2.43. The van der Waals surface area contributed by atoms with Crippen LogP contribution in [0.5, 0.6) is 0 Å². The van der Waals surface area contributed by atoms with E-state index in [1.165, 1.54) is 10.2 Å². The van der Waals surface area contributed by atoms with Crippen LogP contribution in [0.4, 0.5) is 0 Å². The highest BCUT2D eigenvalue weighted by molar-refractivity contribution is 5.59. The summed E-state index contributed by atoms with van der Waals surface area (Å²) in [4.78, 5) is 12.3. The minimum Gasteiger partial charge on any atom is -0.322 e. The first-order chi connectivity index (χ1) is 9.32. The topological polar surface area (TPSA) is 60.9 Å². The maximum atomic E-state index is 12.3. The van der Waals surface area contributed by atoms with Crippen LogP contribution in [0.1, 0.15) is 31.9 Å². The molecule has 0 spiro atoms. The lowest BCUT2D eigenvalue weighted by Crippen LogP contribution is -2.39. The molecule has 4 heteroatoms. The number of hydrogen-bond acceptors (Lipinski definition) is 3. The number of aryl methyl sites for hydroxylation is 2. The van der Waals surface area contributed by atoms with Crippen LogP contribution >= 0.6 is 0 Å². The van der Waals surface area contributed by atoms with E-state index in [0.29, 0.717) is 12.1 Å². The van der Waals surface area contributed by atoms with Gasteiger partial charge in [0, 0.05) is 23.2 Å². The maximum absolute atomic E-state index is 12.3. The van der Waals surface area contributed by atoms with E-state index in [-0.39, 0.29) is 5.56 Å². The highest BCUT2D eigenvalue weighted by Gasteiger charge is 2.21. The Kier molecular flexibility index (Phi) is 3.77. The Morgan fingerprint density at radius 2 is 1.85 bits per heavy atom. The molecule has 1 aromatic carbocycles. The standard InChI is InChI=1S/C16H21N3O/c1-5-19-15(20)13(16(3,4)17)10-14(18-19)12-8-6-11(2)7-9-12/h6-10H,5,17H2,1-4H3. The molecular formula is C16H21N3O. The molecule has 0 saturated carbocycles. The van der Waals surface area contributed by atoms with Crippen molar-refractivity contribution in [2.24, 2.45) is 5.73 Å². The first-order valence-corrected chi connectivity index (χ1v) is 6.81. The summed E-state index contributed by atoms with van der Waals surface area (Å²) < 4.78 is 1.47. The second kappa shape index (κ2) is 5.21. The van der Waals surface area contributed by atoms with Gasteiger partial charge in [0.2, 0.25) is 0 Å². The van der Waals surface area contributed by atoms with Crippen LogP contribution < -0.4 is 11.3 Å². The highest BCUT2D eigenvalue weighted by atomic mass is 16.1. The van der Waals surface area contributed by atoms with Crippen LogP contribution in [0.3, 0.4) is 0 Å². The molecule has 0 bridgehead atoms. The molecule has 0 atom stereocenters. The minimum absolute atomic E-state index is 0.115. The van der Waals surface area contributed by atoms with Crippen molar-refractivity contribution in [3.8, 4) is 11.3 Å². The summed E-state index contributed by atoms with van der Waals surface area (Å²) in [6.07, 6.45) is 0. The van der Waals surface area contributed by atoms with Gasteiger partial charge in [-0.3, -0.25) is 4.79 Å². The number of rotatable bonds is 3. The van der Waals surface area contributed by atoms with Crippen molar-refractivity contribution < 1.29 is 0 Å². The van der Waals surface area contributed by atoms with Crippen molar-refractivity contribution in [1.82, 2.24) is 9.78 Å². The van der Waals surface area contributed by atoms with E-state index >= 15 is 0 Å². The second-order valence-electron chi connectivity index (χ2n) is 5.65. The van der Waals surface area contributed by atoms with E-state index in [1.807, 2.05) is 52.0 Å². The van der Waals surface area contributed by atoms with Gasteiger partial charge < -0.3 is 5.73 Å². The van der Waals surface area contributed by atoms with E-state index < -0.39 is 5.54 Å². The van der Waals surface area contributed by atoms with E-state index in [1.54, 1.807) is 6.07 Å². The monoisotopic (exact) mass is 271 g/mol. The fourth-order valence-corrected chi connectivity index (χ4v) is 2.08. The SMILES string of the molecule is CCn1nc(-c2ccc(C)cc2)cc(C(C)(C)N)c1=O. The molecule has 0 fully saturated rings. The van der Waals surface area contributed by atoms with Gasteiger partial charge >= 0.3 is 0 Å². The van der Waals surface area contributed by atoms with Gasteiger partial charge in [-0.15, -0.1) is 0 Å². The van der Waals surface area contributed by atoms with Crippen molar-refractivity contribution in [1.29, 1.82) is 0 Å². The number of benzene rings is 1. The van der Waals surface area contributed by atoms with E-state index in [0.717, 1.165) is 11.3 Å². The average Bonchev–Trinajstić information content (AvgIpc) is 2.38. The molecule has 0 radical (unpaired) electrons. The summed E-state index contributed by atoms with van der Waals surface area (Å²) in [5.41, 5.74) is 8.86. The molecule has 0 aliphatic heterocycles. The fraction of sp³-hybridized carbons (Fsp3) is 0.375. The quantitative estimate of drug-likeness (QED) is 0.932. The molecule has 2 aromatic rings. The molecular weight excluding hydrogens is 250 g/mol. The van der Waals surface area contributed by atoms with E-state index in [9.17, 15) is 4.79 Å². The van der Waals surface area contributed by atoms with E-state index in [4.69, 9.17) is 5.73 Å². The van der Waals surface area contributed by atoms with Gasteiger partial charge in [-0.05, 0) is 33.8 Å². The maximum Gasteiger partial charge on any atom is 0.271 e. The van der Waals surface area contributed by atoms with Gasteiger partial charge in [-0.1, -0.05) is 29.8 Å². The van der Waals surface area contributed by atoms with Gasteiger partial charge in [-0.2, -0.15) is 5.10 Å². The Hall–Kier alpha value is -1.94. The third kappa shape index (κ3) is 2.80. The fourth-order valence-electron chi connectivity index (χ4n) is 2.08. The Labute approximate surface area is 119 Å². The van der Waals surface area contributed by atoms with E-state index in [2.05, 4.69) is 5.10 Å². The first kappa shape index (κ1) is 14.5. The third-order valence-corrected chi connectivity index (χ3v) is 3.32. The molecule has 4 nitrogen and oxygen atoms in total. The summed E-state index contributed by atoms with van der Waals surface area (Å²) in [7, 11) is 0. The lowest BCUT2D eigenvalue weighted by Gasteiger charge is -2.20. The molecule has 0 aliphatic carbocycles. The number of aromatic nitrogens is 2. The molecule has 106 valence electrons. The molecule has 2 N–H and O–H groups in total.